The number of carbonyl (C=O) groups is 2. The topological polar surface area (TPSA) is 75.4 Å². The molecule has 5 heteroatoms. The van der Waals surface area contributed by atoms with Crippen LogP contribution in [0.2, 0.25) is 0 Å². The molecule has 1 saturated heterocycles. The molecule has 1 aromatic rings. The zero-order valence-corrected chi connectivity index (χ0v) is 12.7. The van der Waals surface area contributed by atoms with E-state index in [1.54, 1.807) is 4.90 Å². The summed E-state index contributed by atoms with van der Waals surface area (Å²) < 4.78 is 0. The highest BCUT2D eigenvalue weighted by atomic mass is 16.2. The maximum Gasteiger partial charge on any atom is 0.254 e. The smallest absolute Gasteiger partial charge is 0.254 e. The number of primary amides is 1. The molecule has 1 aliphatic rings. The second-order valence-electron chi connectivity index (χ2n) is 5.91. The Kier molecular flexibility index (Phi) is 4.63. The van der Waals surface area contributed by atoms with E-state index < -0.39 is 5.41 Å². The highest BCUT2D eigenvalue weighted by molar-refractivity contribution is 5.96. The van der Waals surface area contributed by atoms with Gasteiger partial charge < -0.3 is 16.0 Å². The quantitative estimate of drug-likeness (QED) is 0.841. The predicted molar refractivity (Wildman–Crippen MR) is 81.9 cm³/mol. The third-order valence-electron chi connectivity index (χ3n) is 4.25. The minimum Gasteiger partial charge on any atom is -0.369 e. The predicted octanol–water partition coefficient (Wildman–Crippen LogP) is 0.786. The number of hydrogen-bond donors (Lipinski definition) is 2. The van der Waals surface area contributed by atoms with E-state index in [-0.39, 0.29) is 11.8 Å². The summed E-state index contributed by atoms with van der Waals surface area (Å²) in [5.41, 5.74) is 6.60. The van der Waals surface area contributed by atoms with E-state index in [4.69, 9.17) is 5.73 Å². The number of benzene rings is 1. The van der Waals surface area contributed by atoms with Gasteiger partial charge in [0, 0.05) is 18.7 Å². The number of likely N-dealkylation sites (tertiary alicyclic amines) is 1. The van der Waals surface area contributed by atoms with Crippen molar-refractivity contribution < 1.29 is 9.59 Å². The summed E-state index contributed by atoms with van der Waals surface area (Å²) >= 11 is 0. The zero-order valence-electron chi connectivity index (χ0n) is 12.7. The van der Waals surface area contributed by atoms with Gasteiger partial charge in [0.1, 0.15) is 0 Å². The molecular weight excluding hydrogens is 266 g/mol. The minimum absolute atomic E-state index is 0.00771. The van der Waals surface area contributed by atoms with E-state index in [1.165, 1.54) is 0 Å². The van der Waals surface area contributed by atoms with E-state index in [9.17, 15) is 9.59 Å². The van der Waals surface area contributed by atoms with Crippen LogP contribution in [0, 0.1) is 5.41 Å². The summed E-state index contributed by atoms with van der Waals surface area (Å²) in [4.78, 5) is 25.9. The van der Waals surface area contributed by atoms with Crippen LogP contribution in [0.15, 0.2) is 24.3 Å². The van der Waals surface area contributed by atoms with Crippen molar-refractivity contribution >= 4 is 11.8 Å². The molecule has 3 N–H and O–H groups in total. The molecule has 0 saturated carbocycles. The van der Waals surface area contributed by atoms with Crippen LogP contribution in [0.4, 0.5) is 0 Å². The fourth-order valence-corrected chi connectivity index (χ4v) is 2.71. The number of rotatable bonds is 5. The Labute approximate surface area is 125 Å². The second-order valence-corrected chi connectivity index (χ2v) is 5.91. The van der Waals surface area contributed by atoms with Gasteiger partial charge in [-0.05, 0) is 45.0 Å². The molecule has 0 aromatic heterocycles. The van der Waals surface area contributed by atoms with Gasteiger partial charge in [-0.15, -0.1) is 0 Å². The SMILES string of the molecule is CNCCc1ccccc1C(=O)N1CCC(C)(C(N)=O)C1. The number of amides is 2. The fraction of sp³-hybridized carbons (Fsp3) is 0.500. The van der Waals surface area contributed by atoms with Gasteiger partial charge in [0.15, 0.2) is 0 Å². The Morgan fingerprint density at radius 1 is 1.38 bits per heavy atom. The monoisotopic (exact) mass is 289 g/mol. The van der Waals surface area contributed by atoms with E-state index in [1.807, 2.05) is 38.2 Å². The molecule has 1 aromatic carbocycles. The Balaban J connectivity index is 2.16. The lowest BCUT2D eigenvalue weighted by Gasteiger charge is -2.22. The second kappa shape index (κ2) is 6.26. The van der Waals surface area contributed by atoms with E-state index in [2.05, 4.69) is 5.32 Å². The average molecular weight is 289 g/mol. The summed E-state index contributed by atoms with van der Waals surface area (Å²) in [6.07, 6.45) is 1.44. The zero-order chi connectivity index (χ0) is 15.5. The summed E-state index contributed by atoms with van der Waals surface area (Å²) in [5, 5.41) is 3.09. The van der Waals surface area contributed by atoms with E-state index >= 15 is 0 Å². The maximum atomic E-state index is 12.7. The van der Waals surface area contributed by atoms with Gasteiger partial charge in [-0.2, -0.15) is 0 Å². The van der Waals surface area contributed by atoms with Crippen LogP contribution in [-0.4, -0.2) is 43.4 Å². The normalized spacial score (nSPS) is 21.5. The number of likely N-dealkylation sites (N-methyl/N-ethyl adjacent to an activating group) is 1. The Bertz CT molecular complexity index is 544. The molecule has 2 amide bonds. The Hall–Kier alpha value is -1.88. The Morgan fingerprint density at radius 2 is 2.10 bits per heavy atom. The minimum atomic E-state index is -0.602. The maximum absolute atomic E-state index is 12.7. The first-order valence-electron chi connectivity index (χ1n) is 7.29. The highest BCUT2D eigenvalue weighted by Gasteiger charge is 2.41. The number of hydrogen-bond acceptors (Lipinski definition) is 3. The molecule has 2 rings (SSSR count). The molecule has 0 spiro atoms. The van der Waals surface area contributed by atoms with Crippen LogP contribution in [0.3, 0.4) is 0 Å². The highest BCUT2D eigenvalue weighted by Crippen LogP contribution is 2.30. The molecule has 0 aliphatic carbocycles. The van der Waals surface area contributed by atoms with E-state index in [0.29, 0.717) is 19.5 Å². The van der Waals surface area contributed by atoms with Crippen molar-refractivity contribution in [3.63, 3.8) is 0 Å². The first kappa shape index (κ1) is 15.5. The number of carbonyl (C=O) groups excluding carboxylic acids is 2. The van der Waals surface area contributed by atoms with E-state index in [0.717, 1.165) is 24.1 Å². The van der Waals surface area contributed by atoms with Crippen LogP contribution in [0.1, 0.15) is 29.3 Å². The van der Waals surface area contributed by atoms with Gasteiger partial charge in [0.25, 0.3) is 5.91 Å². The van der Waals surface area contributed by atoms with Crippen LogP contribution in [0.25, 0.3) is 0 Å². The van der Waals surface area contributed by atoms with Crippen molar-refractivity contribution in [2.24, 2.45) is 11.1 Å². The molecule has 1 fully saturated rings. The summed E-state index contributed by atoms with van der Waals surface area (Å²) in [5.74, 6) is -0.340. The summed E-state index contributed by atoms with van der Waals surface area (Å²) in [7, 11) is 1.89. The van der Waals surface area contributed by atoms with Crippen molar-refractivity contribution in [1.29, 1.82) is 0 Å². The molecular formula is C16H23N3O2. The number of nitrogens with one attached hydrogen (secondary N) is 1. The first-order chi connectivity index (χ1) is 9.98. The molecule has 1 aliphatic heterocycles. The lowest BCUT2D eigenvalue weighted by atomic mass is 9.89. The molecule has 1 atom stereocenters. The molecule has 21 heavy (non-hydrogen) atoms. The summed E-state index contributed by atoms with van der Waals surface area (Å²) in [6.45, 7) is 3.64. The van der Waals surface area contributed by atoms with Gasteiger partial charge in [0.2, 0.25) is 5.91 Å². The largest absolute Gasteiger partial charge is 0.369 e. The van der Waals surface area contributed by atoms with Gasteiger partial charge in [-0.1, -0.05) is 18.2 Å². The molecule has 5 nitrogen and oxygen atoms in total. The molecule has 0 radical (unpaired) electrons. The lowest BCUT2D eigenvalue weighted by Crippen LogP contribution is -2.38. The van der Waals surface area contributed by atoms with Gasteiger partial charge >= 0.3 is 0 Å². The van der Waals surface area contributed by atoms with Crippen LogP contribution in [-0.2, 0) is 11.2 Å². The number of nitrogens with two attached hydrogens (primary N) is 1. The van der Waals surface area contributed by atoms with Gasteiger partial charge in [-0.3, -0.25) is 9.59 Å². The molecule has 0 bridgehead atoms. The average Bonchev–Trinajstić information content (AvgIpc) is 2.89. The van der Waals surface area contributed by atoms with Crippen LogP contribution < -0.4 is 11.1 Å². The van der Waals surface area contributed by atoms with Crippen LogP contribution in [0.5, 0.6) is 0 Å². The van der Waals surface area contributed by atoms with Crippen molar-refractivity contribution in [2.45, 2.75) is 19.8 Å². The third kappa shape index (κ3) is 3.24. The molecule has 114 valence electrons. The van der Waals surface area contributed by atoms with Crippen LogP contribution >= 0.6 is 0 Å². The first-order valence-corrected chi connectivity index (χ1v) is 7.29. The fourth-order valence-electron chi connectivity index (χ4n) is 2.71. The van der Waals surface area contributed by atoms with Gasteiger partial charge in [-0.25, -0.2) is 0 Å². The van der Waals surface area contributed by atoms with Crippen molar-refractivity contribution in [3.8, 4) is 0 Å². The van der Waals surface area contributed by atoms with Gasteiger partial charge in [0.05, 0.1) is 5.41 Å². The lowest BCUT2D eigenvalue weighted by molar-refractivity contribution is -0.126. The summed E-state index contributed by atoms with van der Waals surface area (Å²) in [6, 6.07) is 7.65. The molecule has 1 unspecified atom stereocenters. The van der Waals surface area contributed by atoms with Crippen molar-refractivity contribution in [1.82, 2.24) is 10.2 Å². The van der Waals surface area contributed by atoms with Crippen molar-refractivity contribution in [3.05, 3.63) is 35.4 Å². The van der Waals surface area contributed by atoms with Crippen molar-refractivity contribution in [2.75, 3.05) is 26.7 Å². The molecule has 1 heterocycles. The standard InChI is InChI=1S/C16H23N3O2/c1-16(15(17)21)8-10-19(11-16)14(20)13-6-4-3-5-12(13)7-9-18-2/h3-6,18H,7-11H2,1-2H3,(H2,17,21). The number of nitrogens with zero attached hydrogens (tertiary/aromatic N) is 1. The third-order valence-corrected chi connectivity index (χ3v) is 4.25. The Morgan fingerprint density at radius 3 is 2.71 bits per heavy atom.